The van der Waals surface area contributed by atoms with Crippen LogP contribution in [0.15, 0.2) is 29.1 Å². The molecule has 10 heteroatoms. The predicted octanol–water partition coefficient (Wildman–Crippen LogP) is 2.33. The van der Waals surface area contributed by atoms with Gasteiger partial charge in [0.2, 0.25) is 5.82 Å². The number of piperazine rings is 1. The van der Waals surface area contributed by atoms with Crippen molar-refractivity contribution in [3.63, 3.8) is 0 Å². The molecule has 0 atom stereocenters. The van der Waals surface area contributed by atoms with Crippen LogP contribution in [0.4, 0.5) is 11.6 Å². The fourth-order valence-electron chi connectivity index (χ4n) is 2.82. The van der Waals surface area contributed by atoms with Gasteiger partial charge in [-0.3, -0.25) is 4.79 Å². The number of hydrogen-bond acceptors (Lipinski definition) is 7. The van der Waals surface area contributed by atoms with E-state index in [1.165, 1.54) is 27.1 Å². The molecular weight excluding hydrogens is 350 g/mol. The van der Waals surface area contributed by atoms with E-state index in [9.17, 15) is 14.9 Å². The summed E-state index contributed by atoms with van der Waals surface area (Å²) >= 11 is 2.79. The number of imidazole rings is 1. The Bertz CT molecular complexity index is 893. The molecule has 0 unspecified atom stereocenters. The third-order valence-corrected chi connectivity index (χ3v) is 5.60. The average molecular weight is 363 g/mol. The Morgan fingerprint density at radius 3 is 2.67 bits per heavy atom. The van der Waals surface area contributed by atoms with Crippen LogP contribution in [0, 0.1) is 10.1 Å². The highest BCUT2D eigenvalue weighted by Crippen LogP contribution is 2.31. The number of carbonyl (C=O) groups is 1. The highest BCUT2D eigenvalue weighted by atomic mass is 32.1. The van der Waals surface area contributed by atoms with Crippen molar-refractivity contribution in [3.05, 3.63) is 44.1 Å². The quantitative estimate of drug-likeness (QED) is 0.527. The van der Waals surface area contributed by atoms with Gasteiger partial charge >= 0.3 is 5.82 Å². The lowest BCUT2D eigenvalue weighted by Crippen LogP contribution is -2.48. The summed E-state index contributed by atoms with van der Waals surface area (Å²) in [5.41, 5.74) is 0. The first-order valence-corrected chi connectivity index (χ1v) is 9.09. The van der Waals surface area contributed by atoms with Crippen molar-refractivity contribution < 1.29 is 9.72 Å². The molecule has 0 N–H and O–H groups in total. The van der Waals surface area contributed by atoms with Gasteiger partial charge in [-0.2, -0.15) is 9.38 Å². The number of nitrogens with zero attached hydrogens (tertiary/aromatic N) is 5. The molecule has 0 spiro atoms. The molecule has 0 saturated carbocycles. The van der Waals surface area contributed by atoms with Gasteiger partial charge in [0.1, 0.15) is 6.20 Å². The summed E-state index contributed by atoms with van der Waals surface area (Å²) in [7, 11) is 0. The molecule has 1 amide bonds. The molecule has 1 aliphatic heterocycles. The SMILES string of the molecule is O=C(c1cccs1)N1CCN(c2nc3sccn3c2[N+](=O)[O-])CC1. The molecule has 124 valence electrons. The van der Waals surface area contributed by atoms with E-state index in [-0.39, 0.29) is 11.7 Å². The summed E-state index contributed by atoms with van der Waals surface area (Å²) in [6.45, 7) is 2.11. The molecule has 0 aromatic carbocycles. The van der Waals surface area contributed by atoms with Gasteiger partial charge in [-0.15, -0.1) is 11.3 Å². The Kier molecular flexibility index (Phi) is 3.69. The summed E-state index contributed by atoms with van der Waals surface area (Å²) in [6.07, 6.45) is 1.66. The van der Waals surface area contributed by atoms with Crippen molar-refractivity contribution in [2.24, 2.45) is 0 Å². The maximum Gasteiger partial charge on any atom is 0.373 e. The van der Waals surface area contributed by atoms with Gasteiger partial charge in [0.05, 0.1) is 4.88 Å². The number of nitro groups is 1. The molecule has 0 radical (unpaired) electrons. The van der Waals surface area contributed by atoms with E-state index in [0.717, 1.165) is 4.88 Å². The van der Waals surface area contributed by atoms with Gasteiger partial charge in [0, 0.05) is 31.6 Å². The fourth-order valence-corrected chi connectivity index (χ4v) is 4.22. The van der Waals surface area contributed by atoms with Gasteiger partial charge < -0.3 is 19.9 Å². The van der Waals surface area contributed by atoms with Gasteiger partial charge in [-0.1, -0.05) is 17.4 Å². The van der Waals surface area contributed by atoms with E-state index >= 15 is 0 Å². The standard InChI is InChI=1S/C14H13N5O3S2/c20-13(10-2-1-8-23-10)17-5-3-16(4-6-17)11-12(19(21)22)18-7-9-24-14(18)15-11/h1-2,7-9H,3-6H2. The van der Waals surface area contributed by atoms with Crippen molar-refractivity contribution in [1.82, 2.24) is 14.3 Å². The second-order valence-corrected chi connectivity index (χ2v) is 7.15. The minimum Gasteiger partial charge on any atom is -0.358 e. The number of fused-ring (bicyclic) bond motifs is 1. The van der Waals surface area contributed by atoms with E-state index in [1.807, 2.05) is 22.4 Å². The molecule has 4 rings (SSSR count). The fraction of sp³-hybridized carbons (Fsp3) is 0.286. The monoisotopic (exact) mass is 363 g/mol. The first kappa shape index (κ1) is 15.1. The molecule has 0 aliphatic carbocycles. The van der Waals surface area contributed by atoms with Crippen LogP contribution < -0.4 is 4.90 Å². The predicted molar refractivity (Wildman–Crippen MR) is 92.2 cm³/mol. The van der Waals surface area contributed by atoms with Crippen LogP contribution in [0.3, 0.4) is 0 Å². The smallest absolute Gasteiger partial charge is 0.358 e. The zero-order valence-corrected chi connectivity index (χ0v) is 14.1. The molecule has 4 heterocycles. The minimum absolute atomic E-state index is 0.00992. The van der Waals surface area contributed by atoms with Crippen LogP contribution in [0.25, 0.3) is 4.96 Å². The topological polar surface area (TPSA) is 84.0 Å². The number of rotatable bonds is 3. The van der Waals surface area contributed by atoms with Crippen LogP contribution in [0.2, 0.25) is 0 Å². The molecule has 24 heavy (non-hydrogen) atoms. The average Bonchev–Trinajstić information content (AvgIpc) is 3.30. The normalized spacial score (nSPS) is 15.2. The largest absolute Gasteiger partial charge is 0.373 e. The Hall–Kier alpha value is -2.46. The Balaban J connectivity index is 1.54. The lowest BCUT2D eigenvalue weighted by Gasteiger charge is -2.34. The van der Waals surface area contributed by atoms with Gasteiger partial charge in [0.15, 0.2) is 0 Å². The third-order valence-electron chi connectivity index (χ3n) is 3.99. The number of hydrogen-bond donors (Lipinski definition) is 0. The number of anilines is 1. The van der Waals surface area contributed by atoms with E-state index in [4.69, 9.17) is 0 Å². The van der Waals surface area contributed by atoms with E-state index in [0.29, 0.717) is 37.0 Å². The van der Waals surface area contributed by atoms with Crippen molar-refractivity contribution in [3.8, 4) is 0 Å². The molecule has 0 bridgehead atoms. The maximum absolute atomic E-state index is 12.4. The molecule has 1 saturated heterocycles. The summed E-state index contributed by atoms with van der Waals surface area (Å²) < 4.78 is 1.50. The molecular formula is C14H13N5O3S2. The maximum atomic E-state index is 12.4. The molecule has 3 aromatic heterocycles. The molecule has 8 nitrogen and oxygen atoms in total. The lowest BCUT2D eigenvalue weighted by molar-refractivity contribution is -0.389. The van der Waals surface area contributed by atoms with Gasteiger partial charge in [-0.05, 0) is 16.4 Å². The van der Waals surface area contributed by atoms with Crippen molar-refractivity contribution >= 4 is 45.2 Å². The number of thiophene rings is 1. The second-order valence-electron chi connectivity index (χ2n) is 5.33. The highest BCUT2D eigenvalue weighted by Gasteiger charge is 2.31. The number of amides is 1. The van der Waals surface area contributed by atoms with Crippen LogP contribution in [-0.4, -0.2) is 51.3 Å². The van der Waals surface area contributed by atoms with Crippen molar-refractivity contribution in [2.75, 3.05) is 31.1 Å². The van der Waals surface area contributed by atoms with Crippen LogP contribution in [0.1, 0.15) is 9.67 Å². The Labute approximate surface area is 144 Å². The van der Waals surface area contributed by atoms with Gasteiger partial charge in [0.25, 0.3) is 10.9 Å². The Morgan fingerprint density at radius 1 is 1.21 bits per heavy atom. The number of thiazole rings is 1. The van der Waals surface area contributed by atoms with Crippen molar-refractivity contribution in [2.45, 2.75) is 0 Å². The minimum atomic E-state index is -0.398. The van der Waals surface area contributed by atoms with Crippen molar-refractivity contribution in [1.29, 1.82) is 0 Å². The van der Waals surface area contributed by atoms with E-state index < -0.39 is 4.92 Å². The summed E-state index contributed by atoms with van der Waals surface area (Å²) in [6, 6.07) is 3.67. The zero-order chi connectivity index (χ0) is 16.7. The molecule has 3 aromatic rings. The third kappa shape index (κ3) is 2.43. The van der Waals surface area contributed by atoms with Crippen LogP contribution >= 0.6 is 22.7 Å². The summed E-state index contributed by atoms with van der Waals surface area (Å²) in [4.78, 5) is 32.8. The summed E-state index contributed by atoms with van der Waals surface area (Å²) in [5.74, 6) is 0.393. The number of aromatic nitrogens is 2. The first-order valence-electron chi connectivity index (χ1n) is 7.33. The number of carbonyl (C=O) groups excluding carboxylic acids is 1. The Morgan fingerprint density at radius 2 is 2.00 bits per heavy atom. The first-order chi connectivity index (χ1) is 11.6. The second kappa shape index (κ2) is 5.87. The highest BCUT2D eigenvalue weighted by molar-refractivity contribution is 7.15. The van der Waals surface area contributed by atoms with Crippen LogP contribution in [0.5, 0.6) is 0 Å². The molecule has 1 aliphatic rings. The zero-order valence-electron chi connectivity index (χ0n) is 12.5. The lowest BCUT2D eigenvalue weighted by atomic mass is 10.3. The summed E-state index contributed by atoms with van der Waals surface area (Å²) in [5, 5.41) is 15.1. The molecule has 1 fully saturated rings. The van der Waals surface area contributed by atoms with Crippen LogP contribution in [-0.2, 0) is 0 Å². The van der Waals surface area contributed by atoms with E-state index in [1.54, 1.807) is 16.5 Å². The van der Waals surface area contributed by atoms with E-state index in [2.05, 4.69) is 4.98 Å². The van der Waals surface area contributed by atoms with Gasteiger partial charge in [-0.25, -0.2) is 0 Å².